The third-order valence-corrected chi connectivity index (χ3v) is 8.61. The molecule has 1 aliphatic heterocycles. The Hall–Kier alpha value is -3.35. The van der Waals surface area contributed by atoms with Crippen LogP contribution >= 0.6 is 11.8 Å². The van der Waals surface area contributed by atoms with Crippen molar-refractivity contribution in [3.05, 3.63) is 77.5 Å². The standard InChI is InChI=1S/C34H32N2S/c1-20-10-11-24-23(14-20)15-26-31-30-25(12-13-36-31)29-21(8-7-9-22(29)17-34(5,6)19-35)16-28(30)37-32(26)27(24)18-33(2,3)4/h7-16H,17-18H2,1-6H3. The average molecular weight is 501 g/mol. The highest BCUT2D eigenvalue weighted by molar-refractivity contribution is 8.00. The molecule has 0 radical (unpaired) electrons. The Kier molecular flexibility index (Phi) is 5.41. The topological polar surface area (TPSA) is 36.7 Å². The van der Waals surface area contributed by atoms with E-state index >= 15 is 0 Å². The van der Waals surface area contributed by atoms with Gasteiger partial charge in [-0.2, -0.15) is 5.26 Å². The molecule has 0 saturated heterocycles. The lowest BCUT2D eigenvalue weighted by atomic mass is 9.83. The highest BCUT2D eigenvalue weighted by Crippen LogP contribution is 2.52. The molecule has 0 saturated carbocycles. The second-order valence-corrected chi connectivity index (χ2v) is 13.5. The zero-order valence-electron chi connectivity index (χ0n) is 22.5. The van der Waals surface area contributed by atoms with E-state index in [1.54, 1.807) is 0 Å². The van der Waals surface area contributed by atoms with Gasteiger partial charge in [0.1, 0.15) is 0 Å². The molecule has 0 bridgehead atoms. The fraction of sp³-hybridized carbons (Fsp3) is 0.294. The minimum Gasteiger partial charge on any atom is -0.256 e. The first-order valence-electron chi connectivity index (χ1n) is 13.0. The molecule has 2 heterocycles. The van der Waals surface area contributed by atoms with Crippen LogP contribution in [-0.2, 0) is 12.8 Å². The molecule has 0 spiro atoms. The van der Waals surface area contributed by atoms with Crippen LogP contribution in [0.2, 0.25) is 0 Å². The summed E-state index contributed by atoms with van der Waals surface area (Å²) < 4.78 is 0. The molecule has 1 aromatic heterocycles. The summed E-state index contributed by atoms with van der Waals surface area (Å²) in [6.07, 6.45) is 3.70. The maximum atomic E-state index is 9.73. The number of hydrogen-bond acceptors (Lipinski definition) is 3. The van der Waals surface area contributed by atoms with Gasteiger partial charge in [0.2, 0.25) is 0 Å². The van der Waals surface area contributed by atoms with E-state index in [0.29, 0.717) is 0 Å². The van der Waals surface area contributed by atoms with Crippen molar-refractivity contribution in [1.29, 1.82) is 5.26 Å². The van der Waals surface area contributed by atoms with Crippen LogP contribution in [-0.4, -0.2) is 4.98 Å². The fourth-order valence-corrected chi connectivity index (χ4v) is 7.13. The second-order valence-electron chi connectivity index (χ2n) is 12.4. The number of fused-ring (bicyclic) bond motifs is 5. The molecule has 0 unspecified atom stereocenters. The summed E-state index contributed by atoms with van der Waals surface area (Å²) >= 11 is 1.91. The first-order valence-corrected chi connectivity index (χ1v) is 13.9. The predicted molar refractivity (Wildman–Crippen MR) is 157 cm³/mol. The molecular weight excluding hydrogens is 468 g/mol. The molecule has 6 rings (SSSR count). The molecule has 0 atom stereocenters. The Morgan fingerprint density at radius 2 is 1.68 bits per heavy atom. The first-order chi connectivity index (χ1) is 17.5. The summed E-state index contributed by atoms with van der Waals surface area (Å²) in [5.74, 6) is 0. The van der Waals surface area contributed by atoms with Gasteiger partial charge in [-0.1, -0.05) is 74.5 Å². The van der Waals surface area contributed by atoms with Gasteiger partial charge in [0.15, 0.2) is 0 Å². The van der Waals surface area contributed by atoms with Crippen LogP contribution in [0.5, 0.6) is 0 Å². The van der Waals surface area contributed by atoms with Crippen molar-refractivity contribution in [3.8, 4) is 17.3 Å². The molecule has 0 fully saturated rings. The van der Waals surface area contributed by atoms with Gasteiger partial charge in [-0.05, 0) is 95.3 Å². The lowest BCUT2D eigenvalue weighted by Crippen LogP contribution is -2.12. The first kappa shape index (κ1) is 24.0. The second kappa shape index (κ2) is 8.33. The van der Waals surface area contributed by atoms with Gasteiger partial charge in [0.05, 0.1) is 17.2 Å². The van der Waals surface area contributed by atoms with Crippen molar-refractivity contribution in [2.24, 2.45) is 10.8 Å². The van der Waals surface area contributed by atoms with Gasteiger partial charge in [0.25, 0.3) is 0 Å². The molecule has 3 heteroatoms. The Labute approximate surface area is 223 Å². The Balaban J connectivity index is 1.70. The van der Waals surface area contributed by atoms with Gasteiger partial charge in [-0.25, -0.2) is 0 Å². The largest absolute Gasteiger partial charge is 0.256 e. The van der Waals surface area contributed by atoms with Crippen molar-refractivity contribution < 1.29 is 0 Å². The monoisotopic (exact) mass is 500 g/mol. The number of benzene rings is 4. The number of nitrogens with zero attached hydrogens (tertiary/aromatic N) is 2. The third kappa shape index (κ3) is 4.09. The van der Waals surface area contributed by atoms with Crippen LogP contribution in [0.25, 0.3) is 43.6 Å². The smallest absolute Gasteiger partial charge is 0.0803 e. The van der Waals surface area contributed by atoms with Crippen molar-refractivity contribution in [1.82, 2.24) is 4.98 Å². The molecule has 0 N–H and O–H groups in total. The number of nitriles is 1. The van der Waals surface area contributed by atoms with E-state index in [4.69, 9.17) is 4.98 Å². The minimum absolute atomic E-state index is 0.166. The summed E-state index contributed by atoms with van der Waals surface area (Å²) in [6, 6.07) is 22.7. The Morgan fingerprint density at radius 3 is 2.43 bits per heavy atom. The molecular formula is C34H32N2S. The van der Waals surface area contributed by atoms with Crippen LogP contribution in [0.15, 0.2) is 70.6 Å². The van der Waals surface area contributed by atoms with Crippen LogP contribution < -0.4 is 0 Å². The number of pyridine rings is 1. The highest BCUT2D eigenvalue weighted by atomic mass is 32.2. The summed E-state index contributed by atoms with van der Waals surface area (Å²) in [6.45, 7) is 13.2. The summed E-state index contributed by atoms with van der Waals surface area (Å²) in [7, 11) is 0. The van der Waals surface area contributed by atoms with Gasteiger partial charge in [0, 0.05) is 26.9 Å². The highest BCUT2D eigenvalue weighted by Gasteiger charge is 2.28. The maximum absolute atomic E-state index is 9.73. The van der Waals surface area contributed by atoms with Crippen molar-refractivity contribution in [2.75, 3.05) is 0 Å². The van der Waals surface area contributed by atoms with E-state index < -0.39 is 5.41 Å². The normalized spacial score (nSPS) is 13.2. The van der Waals surface area contributed by atoms with Gasteiger partial charge >= 0.3 is 0 Å². The zero-order valence-corrected chi connectivity index (χ0v) is 23.3. The molecule has 0 amide bonds. The van der Waals surface area contributed by atoms with Gasteiger partial charge in [-0.15, -0.1) is 0 Å². The van der Waals surface area contributed by atoms with E-state index in [-0.39, 0.29) is 5.41 Å². The van der Waals surface area contributed by atoms with Crippen LogP contribution in [0.3, 0.4) is 0 Å². The van der Waals surface area contributed by atoms with Crippen LogP contribution in [0.4, 0.5) is 0 Å². The minimum atomic E-state index is -0.424. The average Bonchev–Trinajstić information content (AvgIpc) is 2.83. The summed E-state index contributed by atoms with van der Waals surface area (Å²) in [4.78, 5) is 7.63. The van der Waals surface area contributed by atoms with Gasteiger partial charge in [-0.3, -0.25) is 4.98 Å². The quantitative estimate of drug-likeness (QED) is 0.227. The van der Waals surface area contributed by atoms with Crippen molar-refractivity contribution in [2.45, 2.75) is 64.2 Å². The summed E-state index contributed by atoms with van der Waals surface area (Å²) in [5.41, 5.74) is 6.00. The summed E-state index contributed by atoms with van der Waals surface area (Å²) in [5, 5.41) is 17.3. The van der Waals surface area contributed by atoms with E-state index in [1.165, 1.54) is 64.4 Å². The molecule has 37 heavy (non-hydrogen) atoms. The van der Waals surface area contributed by atoms with Gasteiger partial charge < -0.3 is 0 Å². The maximum Gasteiger partial charge on any atom is 0.0803 e. The number of rotatable bonds is 3. The van der Waals surface area contributed by atoms with Crippen LogP contribution in [0, 0.1) is 29.1 Å². The third-order valence-electron chi connectivity index (χ3n) is 7.40. The number of aryl methyl sites for hydroxylation is 1. The van der Waals surface area contributed by atoms with Crippen molar-refractivity contribution in [3.63, 3.8) is 0 Å². The molecule has 5 aromatic rings. The van der Waals surface area contributed by atoms with E-state index in [0.717, 1.165) is 18.5 Å². The van der Waals surface area contributed by atoms with Crippen molar-refractivity contribution >= 4 is 44.1 Å². The molecule has 1 aliphatic rings. The fourth-order valence-electron chi connectivity index (χ4n) is 5.84. The predicted octanol–water partition coefficient (Wildman–Crippen LogP) is 9.66. The molecule has 4 aromatic carbocycles. The van der Waals surface area contributed by atoms with E-state index in [1.807, 2.05) is 31.8 Å². The molecule has 184 valence electrons. The SMILES string of the molecule is Cc1ccc2c(CC(C)(C)C)c3c(cc2c1)-c1nccc2c1c(cc1cccc(CC(C)(C)C#N)c12)S3. The Bertz CT molecular complexity index is 1780. The zero-order chi connectivity index (χ0) is 26.1. The lowest BCUT2D eigenvalue weighted by molar-refractivity contribution is 0.410. The number of aromatic nitrogens is 1. The Morgan fingerprint density at radius 1 is 0.865 bits per heavy atom. The van der Waals surface area contributed by atoms with E-state index in [9.17, 15) is 5.26 Å². The molecule has 2 nitrogen and oxygen atoms in total. The molecule has 0 aliphatic carbocycles. The van der Waals surface area contributed by atoms with Crippen LogP contribution in [0.1, 0.15) is 51.3 Å². The van der Waals surface area contributed by atoms with E-state index in [2.05, 4.69) is 88.4 Å². The number of hydrogen-bond donors (Lipinski definition) is 0. The lowest BCUT2D eigenvalue weighted by Gasteiger charge is -2.28.